The maximum Gasteiger partial charge on any atom is 0.253 e. The van der Waals surface area contributed by atoms with Crippen LogP contribution in [0.15, 0.2) is 78.9 Å². The first-order chi connectivity index (χ1) is 16.0. The number of carbonyl (C=O) groups excluding carboxylic acids is 2. The first kappa shape index (κ1) is 22.6. The molecule has 33 heavy (non-hydrogen) atoms. The van der Waals surface area contributed by atoms with Gasteiger partial charge in [-0.05, 0) is 54.2 Å². The van der Waals surface area contributed by atoms with E-state index in [2.05, 4.69) is 41.7 Å². The fraction of sp³-hybridized carbons (Fsp3) is 0.286. The van der Waals surface area contributed by atoms with E-state index >= 15 is 0 Å². The average molecular weight is 443 g/mol. The lowest BCUT2D eigenvalue weighted by atomic mass is 9.72. The number of ether oxygens (including phenoxy) is 1. The van der Waals surface area contributed by atoms with Gasteiger partial charge in [0.15, 0.2) is 0 Å². The normalized spacial score (nSPS) is 15.0. The maximum absolute atomic E-state index is 13.0. The molecule has 5 nitrogen and oxygen atoms in total. The van der Waals surface area contributed by atoms with E-state index in [9.17, 15) is 9.59 Å². The Balaban J connectivity index is 1.52. The molecule has 3 aromatic carbocycles. The number of amides is 2. The second kappa shape index (κ2) is 9.90. The highest BCUT2D eigenvalue weighted by Crippen LogP contribution is 2.37. The number of likely N-dealkylation sites (tertiary alicyclic amines) is 1. The summed E-state index contributed by atoms with van der Waals surface area (Å²) in [7, 11) is 3.28. The molecule has 0 spiro atoms. The minimum absolute atomic E-state index is 0.0227. The van der Waals surface area contributed by atoms with Crippen LogP contribution in [-0.2, 0) is 11.2 Å². The van der Waals surface area contributed by atoms with E-state index in [4.69, 9.17) is 4.74 Å². The Labute approximate surface area is 195 Å². The minimum atomic E-state index is -0.533. The molecule has 2 amide bonds. The Morgan fingerprint density at radius 3 is 2.30 bits per heavy atom. The fourth-order valence-electron chi connectivity index (χ4n) is 4.71. The molecule has 3 aromatic rings. The van der Waals surface area contributed by atoms with Crippen molar-refractivity contribution in [1.29, 1.82) is 0 Å². The number of benzene rings is 3. The number of rotatable bonds is 6. The standard InChI is InChI=1S/C28H30N2O3/c1-29-27(32)28(20-21-8-6-11-23(18-21)22-9-4-3-5-10-22)14-16-30(17-15-28)26(31)24-12-7-13-25(19-24)33-2/h3-13,18-19H,14-17,20H2,1-2H3,(H,29,32). The molecule has 0 unspecified atom stereocenters. The van der Waals surface area contributed by atoms with E-state index < -0.39 is 5.41 Å². The fourth-order valence-corrected chi connectivity index (χ4v) is 4.71. The summed E-state index contributed by atoms with van der Waals surface area (Å²) in [6.07, 6.45) is 1.89. The first-order valence-corrected chi connectivity index (χ1v) is 11.3. The number of piperidine rings is 1. The Morgan fingerprint density at radius 1 is 0.909 bits per heavy atom. The molecule has 170 valence electrons. The van der Waals surface area contributed by atoms with Gasteiger partial charge < -0.3 is 15.0 Å². The minimum Gasteiger partial charge on any atom is -0.497 e. The highest BCUT2D eigenvalue weighted by atomic mass is 16.5. The van der Waals surface area contributed by atoms with Crippen LogP contribution < -0.4 is 10.1 Å². The van der Waals surface area contributed by atoms with Crippen LogP contribution in [0.1, 0.15) is 28.8 Å². The third-order valence-electron chi connectivity index (χ3n) is 6.61. The quantitative estimate of drug-likeness (QED) is 0.608. The number of nitrogens with one attached hydrogen (secondary N) is 1. The summed E-state index contributed by atoms with van der Waals surface area (Å²) in [6, 6.07) is 25.9. The van der Waals surface area contributed by atoms with E-state index in [1.165, 1.54) is 0 Å². The Bertz CT molecular complexity index is 1120. The molecule has 1 aliphatic heterocycles. The molecule has 0 radical (unpaired) electrons. The zero-order valence-corrected chi connectivity index (χ0v) is 19.2. The summed E-state index contributed by atoms with van der Waals surface area (Å²) in [5.74, 6) is 0.683. The summed E-state index contributed by atoms with van der Waals surface area (Å²) in [5.41, 5.74) is 3.51. The number of hydrogen-bond acceptors (Lipinski definition) is 3. The number of hydrogen-bond donors (Lipinski definition) is 1. The summed E-state index contributed by atoms with van der Waals surface area (Å²) in [5, 5.41) is 2.87. The van der Waals surface area contributed by atoms with Crippen molar-refractivity contribution in [2.75, 3.05) is 27.2 Å². The Kier molecular flexibility index (Phi) is 6.78. The van der Waals surface area contributed by atoms with Crippen LogP contribution in [0.25, 0.3) is 11.1 Å². The van der Waals surface area contributed by atoms with Crippen LogP contribution in [-0.4, -0.2) is 44.0 Å². The molecule has 0 aromatic heterocycles. The van der Waals surface area contributed by atoms with Crippen LogP contribution in [0.3, 0.4) is 0 Å². The second-order valence-electron chi connectivity index (χ2n) is 8.63. The summed E-state index contributed by atoms with van der Waals surface area (Å²) >= 11 is 0. The number of nitrogens with zero attached hydrogens (tertiary/aromatic N) is 1. The van der Waals surface area contributed by atoms with Crippen molar-refractivity contribution < 1.29 is 14.3 Å². The monoisotopic (exact) mass is 442 g/mol. The van der Waals surface area contributed by atoms with Gasteiger partial charge in [0.25, 0.3) is 5.91 Å². The lowest BCUT2D eigenvalue weighted by molar-refractivity contribution is -0.133. The molecule has 1 fully saturated rings. The van der Waals surface area contributed by atoms with Crippen molar-refractivity contribution in [3.8, 4) is 16.9 Å². The highest BCUT2D eigenvalue weighted by molar-refractivity contribution is 5.95. The molecule has 1 aliphatic rings. The lowest BCUT2D eigenvalue weighted by Crippen LogP contribution is -2.50. The van der Waals surface area contributed by atoms with Crippen molar-refractivity contribution in [2.24, 2.45) is 5.41 Å². The van der Waals surface area contributed by atoms with Crippen LogP contribution in [0.4, 0.5) is 0 Å². The topological polar surface area (TPSA) is 58.6 Å². The van der Waals surface area contributed by atoms with Gasteiger partial charge in [-0.3, -0.25) is 9.59 Å². The largest absolute Gasteiger partial charge is 0.497 e. The molecule has 5 heteroatoms. The molecule has 1 heterocycles. The van der Waals surface area contributed by atoms with Gasteiger partial charge in [0.1, 0.15) is 5.75 Å². The Morgan fingerprint density at radius 2 is 1.61 bits per heavy atom. The lowest BCUT2D eigenvalue weighted by Gasteiger charge is -2.40. The van der Waals surface area contributed by atoms with Gasteiger partial charge in [-0.1, -0.05) is 60.7 Å². The van der Waals surface area contributed by atoms with Gasteiger partial charge in [0.2, 0.25) is 5.91 Å². The molecule has 1 N–H and O–H groups in total. The van der Waals surface area contributed by atoms with E-state index in [0.717, 1.165) is 16.7 Å². The van der Waals surface area contributed by atoms with Crippen molar-refractivity contribution in [1.82, 2.24) is 10.2 Å². The van der Waals surface area contributed by atoms with Crippen molar-refractivity contribution in [3.05, 3.63) is 90.0 Å². The smallest absolute Gasteiger partial charge is 0.253 e. The highest BCUT2D eigenvalue weighted by Gasteiger charge is 2.42. The third-order valence-corrected chi connectivity index (χ3v) is 6.61. The van der Waals surface area contributed by atoms with E-state index in [1.807, 2.05) is 35.2 Å². The van der Waals surface area contributed by atoms with Gasteiger partial charge in [-0.15, -0.1) is 0 Å². The van der Waals surface area contributed by atoms with Crippen LogP contribution in [0.2, 0.25) is 0 Å². The zero-order chi connectivity index (χ0) is 23.3. The van der Waals surface area contributed by atoms with Gasteiger partial charge in [-0.2, -0.15) is 0 Å². The third kappa shape index (κ3) is 4.92. The number of carbonyl (C=O) groups is 2. The van der Waals surface area contributed by atoms with Crippen LogP contribution >= 0.6 is 0 Å². The molecule has 0 atom stereocenters. The maximum atomic E-state index is 13.0. The van der Waals surface area contributed by atoms with Crippen molar-refractivity contribution in [3.63, 3.8) is 0 Å². The zero-order valence-electron chi connectivity index (χ0n) is 19.2. The predicted octanol–water partition coefficient (Wildman–Crippen LogP) is 4.57. The predicted molar refractivity (Wildman–Crippen MR) is 130 cm³/mol. The van der Waals surface area contributed by atoms with E-state index in [-0.39, 0.29) is 11.8 Å². The molecular weight excluding hydrogens is 412 g/mol. The van der Waals surface area contributed by atoms with Gasteiger partial charge in [-0.25, -0.2) is 0 Å². The summed E-state index contributed by atoms with van der Waals surface area (Å²) in [6.45, 7) is 1.09. The van der Waals surface area contributed by atoms with Gasteiger partial charge in [0, 0.05) is 25.7 Å². The van der Waals surface area contributed by atoms with Crippen molar-refractivity contribution >= 4 is 11.8 Å². The van der Waals surface area contributed by atoms with Crippen LogP contribution in [0.5, 0.6) is 5.75 Å². The molecule has 4 rings (SSSR count). The molecule has 1 saturated heterocycles. The molecule has 0 bridgehead atoms. The summed E-state index contributed by atoms with van der Waals surface area (Å²) < 4.78 is 5.26. The second-order valence-corrected chi connectivity index (χ2v) is 8.63. The van der Waals surface area contributed by atoms with Crippen molar-refractivity contribution in [2.45, 2.75) is 19.3 Å². The number of methoxy groups -OCH3 is 1. The summed E-state index contributed by atoms with van der Waals surface area (Å²) in [4.78, 5) is 27.9. The van der Waals surface area contributed by atoms with Crippen LogP contribution in [0, 0.1) is 5.41 Å². The molecular formula is C28H30N2O3. The first-order valence-electron chi connectivity index (χ1n) is 11.3. The molecule has 0 aliphatic carbocycles. The molecule has 0 saturated carbocycles. The average Bonchev–Trinajstić information content (AvgIpc) is 2.89. The van der Waals surface area contributed by atoms with E-state index in [1.54, 1.807) is 26.3 Å². The SMILES string of the molecule is CNC(=O)C1(Cc2cccc(-c3ccccc3)c2)CCN(C(=O)c2cccc(OC)c2)CC1. The Hall–Kier alpha value is -3.60. The van der Waals surface area contributed by atoms with Gasteiger partial charge >= 0.3 is 0 Å². The van der Waals surface area contributed by atoms with Gasteiger partial charge in [0.05, 0.1) is 12.5 Å². The van der Waals surface area contributed by atoms with E-state index in [0.29, 0.717) is 43.7 Å².